The number of aliphatic carboxylic acids is 2. The molecule has 8 heteroatoms. The fourth-order valence-electron chi connectivity index (χ4n) is 2.32. The van der Waals surface area contributed by atoms with Crippen molar-refractivity contribution in [2.24, 2.45) is 5.73 Å². The first kappa shape index (κ1) is 22.7. The summed E-state index contributed by atoms with van der Waals surface area (Å²) in [5.41, 5.74) is 8.50. The number of rotatable bonds is 5. The van der Waals surface area contributed by atoms with Gasteiger partial charge in [-0.2, -0.15) is 0 Å². The van der Waals surface area contributed by atoms with Gasteiger partial charge in [-0.25, -0.2) is 9.59 Å². The van der Waals surface area contributed by atoms with Gasteiger partial charge in [0.1, 0.15) is 6.04 Å². The predicted molar refractivity (Wildman–Crippen MR) is 103 cm³/mol. The molecule has 2 unspecified atom stereocenters. The van der Waals surface area contributed by atoms with Crippen LogP contribution in [0.1, 0.15) is 34.3 Å². The zero-order chi connectivity index (χ0) is 21.3. The van der Waals surface area contributed by atoms with Gasteiger partial charge in [-0.1, -0.05) is 59.7 Å². The molecule has 0 aromatic heterocycles. The number of nitrogens with one attached hydrogen (secondary N) is 1. The zero-order valence-corrected chi connectivity index (χ0v) is 15.9. The van der Waals surface area contributed by atoms with Gasteiger partial charge in [0.25, 0.3) is 0 Å². The maximum atomic E-state index is 11.0. The number of carbonyl (C=O) groups is 3. The number of ether oxygens (including phenoxy) is 1. The maximum Gasteiger partial charge on any atom is 0.407 e. The zero-order valence-electron chi connectivity index (χ0n) is 15.9. The molecular weight excluding hydrogens is 364 g/mol. The lowest BCUT2D eigenvalue weighted by Crippen LogP contribution is -2.33. The van der Waals surface area contributed by atoms with Crippen molar-refractivity contribution in [2.75, 3.05) is 7.11 Å². The van der Waals surface area contributed by atoms with E-state index in [1.807, 2.05) is 26.0 Å². The minimum atomic E-state index is -1.13. The summed E-state index contributed by atoms with van der Waals surface area (Å²) in [4.78, 5) is 32.5. The van der Waals surface area contributed by atoms with Crippen LogP contribution in [-0.2, 0) is 14.3 Å². The minimum absolute atomic E-state index is 0.512. The van der Waals surface area contributed by atoms with Crippen LogP contribution in [0.4, 0.5) is 4.79 Å². The van der Waals surface area contributed by atoms with Crippen molar-refractivity contribution in [3.8, 4) is 0 Å². The van der Waals surface area contributed by atoms with Crippen LogP contribution in [0, 0.1) is 13.8 Å². The van der Waals surface area contributed by atoms with E-state index in [2.05, 4.69) is 10.1 Å². The van der Waals surface area contributed by atoms with Gasteiger partial charge in [0.05, 0.1) is 7.11 Å². The van der Waals surface area contributed by atoms with E-state index in [-0.39, 0.29) is 0 Å². The van der Waals surface area contributed by atoms with Gasteiger partial charge >= 0.3 is 18.0 Å². The second kappa shape index (κ2) is 10.7. The van der Waals surface area contributed by atoms with Crippen LogP contribution >= 0.6 is 0 Å². The van der Waals surface area contributed by atoms with Crippen LogP contribution in [0.25, 0.3) is 0 Å². The molecule has 0 fully saturated rings. The molecule has 2 atom stereocenters. The number of methoxy groups -OCH3 is 1. The highest BCUT2D eigenvalue weighted by atomic mass is 16.5. The number of aryl methyl sites for hydroxylation is 2. The second-order valence-electron chi connectivity index (χ2n) is 6.05. The Morgan fingerprint density at radius 1 is 0.929 bits per heavy atom. The lowest BCUT2D eigenvalue weighted by atomic mass is 10.0. The van der Waals surface area contributed by atoms with Crippen molar-refractivity contribution in [3.05, 3.63) is 70.8 Å². The predicted octanol–water partition coefficient (Wildman–Crippen LogP) is 2.56. The van der Waals surface area contributed by atoms with Gasteiger partial charge in [-0.3, -0.25) is 4.79 Å². The molecule has 0 aliphatic carbocycles. The average Bonchev–Trinajstić information content (AvgIpc) is 2.65. The van der Waals surface area contributed by atoms with Crippen LogP contribution in [0.5, 0.6) is 0 Å². The van der Waals surface area contributed by atoms with E-state index in [4.69, 9.17) is 15.9 Å². The van der Waals surface area contributed by atoms with E-state index in [0.29, 0.717) is 11.1 Å². The summed E-state index contributed by atoms with van der Waals surface area (Å²) in [6, 6.07) is 12.1. The number of carboxylic acid groups (broad SMARTS) is 2. The number of hydrogen-bond donors (Lipinski definition) is 4. The lowest BCUT2D eigenvalue weighted by Gasteiger charge is -2.14. The summed E-state index contributed by atoms with van der Waals surface area (Å²) in [5.74, 6) is -2.13. The van der Waals surface area contributed by atoms with Crippen molar-refractivity contribution < 1.29 is 29.3 Å². The summed E-state index contributed by atoms with van der Waals surface area (Å²) in [5, 5.41) is 19.8. The highest BCUT2D eigenvalue weighted by Crippen LogP contribution is 2.15. The van der Waals surface area contributed by atoms with Crippen LogP contribution < -0.4 is 11.1 Å². The monoisotopic (exact) mass is 388 g/mol. The average molecular weight is 388 g/mol. The molecule has 0 bridgehead atoms. The maximum absolute atomic E-state index is 11.0. The molecule has 150 valence electrons. The Balaban J connectivity index is 0.000000292. The van der Waals surface area contributed by atoms with Crippen LogP contribution in [0.2, 0.25) is 0 Å². The first-order valence-corrected chi connectivity index (χ1v) is 8.34. The number of alkyl carbamates (subject to hydrolysis) is 1. The number of hydrogen-bond acceptors (Lipinski definition) is 5. The van der Waals surface area contributed by atoms with Crippen LogP contribution in [0.3, 0.4) is 0 Å². The first-order valence-electron chi connectivity index (χ1n) is 8.34. The van der Waals surface area contributed by atoms with Crippen molar-refractivity contribution in [2.45, 2.75) is 25.9 Å². The summed E-state index contributed by atoms with van der Waals surface area (Å²) < 4.78 is 4.37. The highest BCUT2D eigenvalue weighted by molar-refractivity contribution is 5.81. The molecule has 5 N–H and O–H groups in total. The quantitative estimate of drug-likeness (QED) is 0.617. The molecule has 28 heavy (non-hydrogen) atoms. The molecule has 0 aliphatic rings. The van der Waals surface area contributed by atoms with Gasteiger partial charge in [0.15, 0.2) is 6.04 Å². The van der Waals surface area contributed by atoms with Gasteiger partial charge in [-0.05, 0) is 25.0 Å². The Morgan fingerprint density at radius 2 is 1.43 bits per heavy atom. The van der Waals surface area contributed by atoms with Gasteiger partial charge < -0.3 is 26.0 Å². The molecule has 2 aromatic carbocycles. The third kappa shape index (κ3) is 7.08. The van der Waals surface area contributed by atoms with Crippen molar-refractivity contribution in [3.63, 3.8) is 0 Å². The number of carbonyl (C=O) groups excluding carboxylic acids is 1. The third-order valence-electron chi connectivity index (χ3n) is 3.74. The molecule has 2 aromatic rings. The second-order valence-corrected chi connectivity index (χ2v) is 6.05. The van der Waals surface area contributed by atoms with E-state index in [9.17, 15) is 14.4 Å². The molecule has 2 rings (SSSR count). The van der Waals surface area contributed by atoms with E-state index < -0.39 is 30.1 Å². The molecule has 1 amide bonds. The van der Waals surface area contributed by atoms with Gasteiger partial charge in [-0.15, -0.1) is 0 Å². The summed E-state index contributed by atoms with van der Waals surface area (Å²) in [6.07, 6.45) is -0.770. The van der Waals surface area contributed by atoms with Crippen molar-refractivity contribution >= 4 is 18.0 Å². The normalized spacial score (nSPS) is 12.0. The number of amides is 1. The molecule has 8 nitrogen and oxygen atoms in total. The molecule has 0 heterocycles. The Hall–Kier alpha value is -3.39. The summed E-state index contributed by atoms with van der Waals surface area (Å²) in [7, 11) is 1.19. The Labute approximate surface area is 162 Å². The smallest absolute Gasteiger partial charge is 0.407 e. The first-order chi connectivity index (χ1) is 13.1. The molecule has 0 saturated carbocycles. The van der Waals surface area contributed by atoms with E-state index in [1.54, 1.807) is 36.4 Å². The van der Waals surface area contributed by atoms with Gasteiger partial charge in [0.2, 0.25) is 0 Å². The number of nitrogens with two attached hydrogens (primary N) is 1. The molecule has 0 spiro atoms. The van der Waals surface area contributed by atoms with E-state index in [0.717, 1.165) is 11.1 Å². The fourth-order valence-corrected chi connectivity index (χ4v) is 2.32. The van der Waals surface area contributed by atoms with E-state index in [1.165, 1.54) is 7.11 Å². The Kier molecular flexibility index (Phi) is 8.64. The Morgan fingerprint density at radius 3 is 1.86 bits per heavy atom. The topological polar surface area (TPSA) is 139 Å². The van der Waals surface area contributed by atoms with Gasteiger partial charge in [0, 0.05) is 0 Å². The molecule has 0 saturated heterocycles. The van der Waals surface area contributed by atoms with Crippen LogP contribution in [-0.4, -0.2) is 35.4 Å². The Bertz CT molecular complexity index is 837. The van der Waals surface area contributed by atoms with Crippen LogP contribution in [0.15, 0.2) is 48.5 Å². The van der Waals surface area contributed by atoms with E-state index >= 15 is 0 Å². The van der Waals surface area contributed by atoms with Crippen molar-refractivity contribution in [1.82, 2.24) is 5.32 Å². The molecular formula is C20H24N2O6. The highest BCUT2D eigenvalue weighted by Gasteiger charge is 2.22. The van der Waals surface area contributed by atoms with Crippen molar-refractivity contribution in [1.29, 1.82) is 0 Å². The number of carboxylic acids is 2. The molecule has 0 aliphatic heterocycles. The lowest BCUT2D eigenvalue weighted by molar-refractivity contribution is -0.140. The standard InChI is InChI=1S/C11H13NO4.C9H11NO2/c1-7-4-3-5-8(6-7)9(10(13)14)12-11(15)16-2;1-6-3-2-4-7(5-6)8(10)9(11)12/h3-6,9H,1-2H3,(H,12,15)(H,13,14);2-5,8H,10H2,1H3,(H,11,12). The fraction of sp³-hybridized carbons (Fsp3) is 0.250. The SMILES string of the molecule is COC(=O)NC(C(=O)O)c1cccc(C)c1.Cc1cccc(C(N)C(=O)O)c1. The largest absolute Gasteiger partial charge is 0.480 e. The summed E-state index contributed by atoms with van der Waals surface area (Å²) >= 11 is 0. The minimum Gasteiger partial charge on any atom is -0.480 e. The third-order valence-corrected chi connectivity index (χ3v) is 3.74. The number of benzene rings is 2. The summed E-state index contributed by atoms with van der Waals surface area (Å²) in [6.45, 7) is 3.75. The molecule has 0 radical (unpaired) electrons.